The summed E-state index contributed by atoms with van der Waals surface area (Å²) >= 11 is 0. The average molecular weight is 596 g/mol. The smallest absolute Gasteiger partial charge is 0.338 e. The molecule has 0 radical (unpaired) electrons. The summed E-state index contributed by atoms with van der Waals surface area (Å²) in [6, 6.07) is 32.6. The minimum absolute atomic E-state index is 0.195. The number of carbonyl (C=O) groups is 4. The van der Waals surface area contributed by atoms with Crippen LogP contribution in [0.3, 0.4) is 0 Å². The van der Waals surface area contributed by atoms with Crippen LogP contribution in [0.25, 0.3) is 0 Å². The second-order valence-corrected chi connectivity index (χ2v) is 9.81. The molecule has 0 aromatic heterocycles. The van der Waals surface area contributed by atoms with Crippen LogP contribution >= 0.6 is 0 Å². The van der Waals surface area contributed by atoms with E-state index in [0.29, 0.717) is 0 Å². The van der Waals surface area contributed by atoms with Gasteiger partial charge < -0.3 is 29.4 Å². The zero-order chi connectivity index (χ0) is 30.9. The van der Waals surface area contributed by atoms with Gasteiger partial charge in [0.05, 0.1) is 22.3 Å². The molecular weight excluding hydrogens is 566 g/mol. The Kier molecular flexibility index (Phi) is 9.75. The SMILES string of the molecule is N[C@@H]1O[C@H](COC(=O)c2ccccc2)[C@@H](OC(=O)c2ccccc2)[C@H](OC(=O)c2ccccc2)[C@H]1OC(=O)c1ccccc1. The average Bonchev–Trinajstić information content (AvgIpc) is 3.07. The maximum absolute atomic E-state index is 13.3. The van der Waals surface area contributed by atoms with Crippen molar-refractivity contribution in [1.29, 1.82) is 0 Å². The standard InChI is InChI=1S/C34H29NO9/c35-30-29(44-34(39)25-19-11-4-12-20-25)28(43-33(38)24-17-9-3-10-18-24)27(42-32(37)23-15-7-2-8-16-23)26(41-30)21-40-31(36)22-13-5-1-6-14-22/h1-20,26-30H,21,35H2/t26-,27-,28+,29-,30-/m1/s1. The highest BCUT2D eigenvalue weighted by atomic mass is 16.7. The summed E-state index contributed by atoms with van der Waals surface area (Å²) < 4.78 is 28.9. The highest BCUT2D eigenvalue weighted by Crippen LogP contribution is 2.29. The Morgan fingerprint density at radius 2 is 0.841 bits per heavy atom. The highest BCUT2D eigenvalue weighted by Gasteiger charge is 2.52. The van der Waals surface area contributed by atoms with E-state index in [-0.39, 0.29) is 22.3 Å². The summed E-state index contributed by atoms with van der Waals surface area (Å²) in [5, 5.41) is 0. The largest absolute Gasteiger partial charge is 0.459 e. The lowest BCUT2D eigenvalue weighted by molar-refractivity contribution is -0.227. The summed E-state index contributed by atoms with van der Waals surface area (Å²) in [6.07, 6.45) is -6.83. The fourth-order valence-corrected chi connectivity index (χ4v) is 4.60. The molecule has 1 saturated heterocycles. The summed E-state index contributed by atoms with van der Waals surface area (Å²) in [6.45, 7) is -0.424. The van der Waals surface area contributed by atoms with E-state index in [9.17, 15) is 19.2 Å². The first-order valence-electron chi connectivity index (χ1n) is 13.8. The van der Waals surface area contributed by atoms with Gasteiger partial charge in [0, 0.05) is 0 Å². The van der Waals surface area contributed by atoms with Gasteiger partial charge in [0.1, 0.15) is 18.9 Å². The molecule has 44 heavy (non-hydrogen) atoms. The third-order valence-electron chi connectivity index (χ3n) is 6.82. The number of carbonyl (C=O) groups excluding carboxylic acids is 4. The molecule has 10 heteroatoms. The molecule has 1 aliphatic heterocycles. The molecule has 0 unspecified atom stereocenters. The van der Waals surface area contributed by atoms with Gasteiger partial charge in [-0.3, -0.25) is 0 Å². The number of hydrogen-bond donors (Lipinski definition) is 1. The van der Waals surface area contributed by atoms with Crippen molar-refractivity contribution < 1.29 is 42.9 Å². The van der Waals surface area contributed by atoms with Crippen molar-refractivity contribution in [2.24, 2.45) is 5.73 Å². The molecular formula is C34H29NO9. The van der Waals surface area contributed by atoms with E-state index in [1.165, 1.54) is 12.1 Å². The molecule has 1 fully saturated rings. The first kappa shape index (κ1) is 30.1. The normalized spacial score (nSPS) is 21.0. The number of ether oxygens (including phenoxy) is 5. The highest BCUT2D eigenvalue weighted by molar-refractivity contribution is 5.91. The number of nitrogens with two attached hydrogens (primary N) is 1. The van der Waals surface area contributed by atoms with Crippen LogP contribution in [0.15, 0.2) is 121 Å². The Hall–Kier alpha value is -5.32. The van der Waals surface area contributed by atoms with E-state index in [4.69, 9.17) is 29.4 Å². The maximum atomic E-state index is 13.3. The van der Waals surface area contributed by atoms with Crippen molar-refractivity contribution in [3.63, 3.8) is 0 Å². The third-order valence-corrected chi connectivity index (χ3v) is 6.82. The quantitative estimate of drug-likeness (QED) is 0.221. The summed E-state index contributed by atoms with van der Waals surface area (Å²) in [4.78, 5) is 52.5. The van der Waals surface area contributed by atoms with Crippen molar-refractivity contribution >= 4 is 23.9 Å². The van der Waals surface area contributed by atoms with Crippen LogP contribution in [0.1, 0.15) is 41.4 Å². The van der Waals surface area contributed by atoms with Gasteiger partial charge in [-0.25, -0.2) is 19.2 Å². The van der Waals surface area contributed by atoms with Crippen molar-refractivity contribution in [3.8, 4) is 0 Å². The molecule has 0 amide bonds. The van der Waals surface area contributed by atoms with Crippen molar-refractivity contribution in [1.82, 2.24) is 0 Å². The molecule has 4 aromatic rings. The zero-order valence-corrected chi connectivity index (χ0v) is 23.4. The first-order valence-corrected chi connectivity index (χ1v) is 13.8. The summed E-state index contributed by atoms with van der Waals surface area (Å²) in [5.41, 5.74) is 7.24. The molecule has 4 aromatic carbocycles. The Morgan fingerprint density at radius 1 is 0.500 bits per heavy atom. The lowest BCUT2D eigenvalue weighted by atomic mass is 9.97. The summed E-state index contributed by atoms with van der Waals surface area (Å²) in [7, 11) is 0. The molecule has 5 rings (SSSR count). The Morgan fingerprint density at radius 3 is 1.25 bits per heavy atom. The number of esters is 4. The van der Waals surface area contributed by atoms with Crippen LogP contribution in [0, 0.1) is 0 Å². The Balaban J connectivity index is 1.48. The van der Waals surface area contributed by atoms with E-state index in [1.54, 1.807) is 109 Å². The van der Waals surface area contributed by atoms with Crippen LogP contribution in [0.2, 0.25) is 0 Å². The van der Waals surface area contributed by atoms with Gasteiger partial charge in [0.25, 0.3) is 0 Å². The Bertz CT molecular complexity index is 1570. The topological polar surface area (TPSA) is 140 Å². The second-order valence-electron chi connectivity index (χ2n) is 9.81. The fourth-order valence-electron chi connectivity index (χ4n) is 4.60. The molecule has 0 saturated carbocycles. The fraction of sp³-hybridized carbons (Fsp3) is 0.176. The van der Waals surface area contributed by atoms with Gasteiger partial charge in [0.15, 0.2) is 18.3 Å². The van der Waals surface area contributed by atoms with E-state index in [0.717, 1.165) is 0 Å². The van der Waals surface area contributed by atoms with Crippen molar-refractivity contribution in [2.75, 3.05) is 6.61 Å². The predicted molar refractivity (Wildman–Crippen MR) is 157 cm³/mol. The van der Waals surface area contributed by atoms with Gasteiger partial charge in [-0.05, 0) is 48.5 Å². The lowest BCUT2D eigenvalue weighted by Gasteiger charge is -2.43. The minimum atomic E-state index is -1.45. The van der Waals surface area contributed by atoms with Gasteiger partial charge >= 0.3 is 23.9 Å². The number of benzene rings is 4. The van der Waals surface area contributed by atoms with Crippen LogP contribution in [0.5, 0.6) is 0 Å². The zero-order valence-electron chi connectivity index (χ0n) is 23.4. The van der Waals surface area contributed by atoms with E-state index in [1.807, 2.05) is 0 Å². The van der Waals surface area contributed by atoms with Gasteiger partial charge in [0.2, 0.25) is 0 Å². The van der Waals surface area contributed by atoms with Gasteiger partial charge in [-0.1, -0.05) is 72.8 Å². The molecule has 10 nitrogen and oxygen atoms in total. The van der Waals surface area contributed by atoms with E-state index < -0.39 is 61.1 Å². The molecule has 1 heterocycles. The van der Waals surface area contributed by atoms with E-state index >= 15 is 0 Å². The van der Waals surface area contributed by atoms with Crippen molar-refractivity contribution in [3.05, 3.63) is 144 Å². The molecule has 5 atom stereocenters. The molecule has 0 bridgehead atoms. The predicted octanol–water partition coefficient (Wildman–Crippen LogP) is 4.20. The summed E-state index contributed by atoms with van der Waals surface area (Å²) in [5.74, 6) is -2.99. The number of rotatable bonds is 9. The monoisotopic (exact) mass is 595 g/mol. The van der Waals surface area contributed by atoms with Crippen LogP contribution < -0.4 is 5.73 Å². The first-order chi connectivity index (χ1) is 21.4. The van der Waals surface area contributed by atoms with Crippen LogP contribution in [0.4, 0.5) is 0 Å². The third kappa shape index (κ3) is 7.35. The molecule has 0 aliphatic carbocycles. The minimum Gasteiger partial charge on any atom is -0.459 e. The second kappa shape index (κ2) is 14.2. The molecule has 2 N–H and O–H groups in total. The van der Waals surface area contributed by atoms with E-state index in [2.05, 4.69) is 0 Å². The maximum Gasteiger partial charge on any atom is 0.338 e. The molecule has 1 aliphatic rings. The number of hydrogen-bond acceptors (Lipinski definition) is 10. The van der Waals surface area contributed by atoms with Gasteiger partial charge in [-0.2, -0.15) is 0 Å². The van der Waals surface area contributed by atoms with Gasteiger partial charge in [-0.15, -0.1) is 0 Å². The Labute approximate surface area is 253 Å². The van der Waals surface area contributed by atoms with Crippen LogP contribution in [-0.4, -0.2) is 61.1 Å². The van der Waals surface area contributed by atoms with Crippen molar-refractivity contribution in [2.45, 2.75) is 30.6 Å². The lowest BCUT2D eigenvalue weighted by Crippen LogP contribution is -2.64. The molecule has 0 spiro atoms. The van der Waals surface area contributed by atoms with Crippen LogP contribution in [-0.2, 0) is 23.7 Å². The molecule has 224 valence electrons.